The Morgan fingerprint density at radius 1 is 0.328 bits per heavy atom. The van der Waals surface area contributed by atoms with Crippen LogP contribution < -0.4 is 4.90 Å². The van der Waals surface area contributed by atoms with Crippen LogP contribution >= 0.6 is 0 Å². The van der Waals surface area contributed by atoms with E-state index in [0.717, 1.165) is 72.0 Å². The van der Waals surface area contributed by atoms with Crippen molar-refractivity contribution >= 4 is 60.5 Å². The van der Waals surface area contributed by atoms with Gasteiger partial charge in [-0.25, -0.2) is 15.0 Å². The fourth-order valence-corrected chi connectivity index (χ4v) is 8.10. The Morgan fingerprint density at radius 3 is 1.55 bits per heavy atom. The molecule has 0 amide bonds. The normalized spacial score (nSPS) is 11.4. The van der Waals surface area contributed by atoms with Crippen molar-refractivity contribution in [3.63, 3.8) is 0 Å². The summed E-state index contributed by atoms with van der Waals surface area (Å²) in [5, 5.41) is 6.64. The van der Waals surface area contributed by atoms with Crippen molar-refractivity contribution < 1.29 is 4.42 Å². The first kappa shape index (κ1) is 33.4. The van der Waals surface area contributed by atoms with Gasteiger partial charge < -0.3 is 9.32 Å². The summed E-state index contributed by atoms with van der Waals surface area (Å²) in [4.78, 5) is 17.9. The molecule has 5 heteroatoms. The molecular weight excluding hydrogens is 709 g/mol. The fourth-order valence-electron chi connectivity index (χ4n) is 8.10. The lowest BCUT2D eigenvalue weighted by Crippen LogP contribution is -2.10. The van der Waals surface area contributed by atoms with E-state index in [1.807, 2.05) is 42.5 Å². The lowest BCUT2D eigenvalue weighted by Gasteiger charge is -2.26. The first-order chi connectivity index (χ1) is 28.7. The summed E-state index contributed by atoms with van der Waals surface area (Å²) in [5.41, 5.74) is 9.50. The maximum absolute atomic E-state index is 6.80. The molecule has 5 nitrogen and oxygen atoms in total. The zero-order valence-electron chi connectivity index (χ0n) is 31.3. The molecule has 58 heavy (non-hydrogen) atoms. The van der Waals surface area contributed by atoms with Crippen molar-refractivity contribution in [2.75, 3.05) is 4.90 Å². The molecule has 272 valence electrons. The number of anilines is 3. The highest BCUT2D eigenvalue weighted by atomic mass is 16.3. The van der Waals surface area contributed by atoms with Gasteiger partial charge in [0.1, 0.15) is 11.2 Å². The standard InChI is InChI=1S/C53H34N4O/c1-4-16-37(17-5-1)51-54-52(38-29-27-36(28-30-38)45-26-14-20-35-15-12-13-25-44(35)45)56-53(55-51)47-33-43(57(41-21-6-2-7-22-41)42-23-8-3-9-24-42)34-49-50(47)46-31-39-18-10-11-19-40(39)32-48(46)58-49/h1-34H. The summed E-state index contributed by atoms with van der Waals surface area (Å²) in [5.74, 6) is 1.75. The Bertz CT molecular complexity index is 3230. The number of rotatable bonds is 7. The maximum Gasteiger partial charge on any atom is 0.164 e. The van der Waals surface area contributed by atoms with Gasteiger partial charge in [-0.15, -0.1) is 0 Å². The van der Waals surface area contributed by atoms with Crippen LogP contribution in [0, 0.1) is 0 Å². The zero-order valence-corrected chi connectivity index (χ0v) is 31.3. The minimum Gasteiger partial charge on any atom is -0.456 e. The van der Waals surface area contributed by atoms with Crippen molar-refractivity contribution in [3.05, 3.63) is 206 Å². The molecule has 0 unspecified atom stereocenters. The topological polar surface area (TPSA) is 55.1 Å². The molecule has 0 radical (unpaired) electrons. The van der Waals surface area contributed by atoms with E-state index in [1.54, 1.807) is 0 Å². The van der Waals surface area contributed by atoms with Gasteiger partial charge in [0, 0.05) is 44.9 Å². The highest BCUT2D eigenvalue weighted by Gasteiger charge is 2.23. The molecule has 2 heterocycles. The SMILES string of the molecule is c1ccc(-c2nc(-c3ccc(-c4cccc5ccccc45)cc3)nc(-c3cc(N(c4ccccc4)c4ccccc4)cc4oc5cc6ccccc6cc5c34)n2)cc1. The van der Waals surface area contributed by atoms with E-state index in [-0.39, 0.29) is 0 Å². The van der Waals surface area contributed by atoms with Crippen molar-refractivity contribution in [2.24, 2.45) is 0 Å². The predicted octanol–water partition coefficient (Wildman–Crippen LogP) is 14.2. The van der Waals surface area contributed by atoms with Crippen molar-refractivity contribution in [1.29, 1.82) is 0 Å². The third kappa shape index (κ3) is 5.94. The molecule has 0 aliphatic heterocycles. The minimum absolute atomic E-state index is 0.561. The van der Waals surface area contributed by atoms with E-state index in [2.05, 4.69) is 169 Å². The summed E-state index contributed by atoms with van der Waals surface area (Å²) >= 11 is 0. The van der Waals surface area contributed by atoms with Crippen molar-refractivity contribution in [2.45, 2.75) is 0 Å². The van der Waals surface area contributed by atoms with Gasteiger partial charge in [-0.2, -0.15) is 0 Å². The smallest absolute Gasteiger partial charge is 0.164 e. The molecule has 11 rings (SSSR count). The molecular formula is C53H34N4O. The van der Waals surface area contributed by atoms with Gasteiger partial charge in [0.25, 0.3) is 0 Å². The number of para-hydroxylation sites is 2. The molecule has 0 spiro atoms. The van der Waals surface area contributed by atoms with Gasteiger partial charge in [-0.3, -0.25) is 0 Å². The van der Waals surface area contributed by atoms with Crippen LogP contribution in [0.25, 0.3) is 88.8 Å². The first-order valence-electron chi connectivity index (χ1n) is 19.4. The second-order valence-electron chi connectivity index (χ2n) is 14.4. The molecule has 0 atom stereocenters. The van der Waals surface area contributed by atoms with Crippen LogP contribution in [-0.2, 0) is 0 Å². The molecule has 0 fully saturated rings. The maximum atomic E-state index is 6.80. The molecule has 0 N–H and O–H groups in total. The lowest BCUT2D eigenvalue weighted by atomic mass is 9.97. The number of furan rings is 1. The third-order valence-electron chi connectivity index (χ3n) is 10.9. The monoisotopic (exact) mass is 742 g/mol. The van der Waals surface area contributed by atoms with Crippen molar-refractivity contribution in [1.82, 2.24) is 15.0 Å². The number of benzene rings is 9. The van der Waals surface area contributed by atoms with E-state index in [4.69, 9.17) is 19.4 Å². The molecule has 2 aromatic heterocycles. The van der Waals surface area contributed by atoms with Crippen LogP contribution in [0.3, 0.4) is 0 Å². The van der Waals surface area contributed by atoms with Gasteiger partial charge in [0.2, 0.25) is 0 Å². The van der Waals surface area contributed by atoms with Gasteiger partial charge in [0.15, 0.2) is 17.5 Å². The van der Waals surface area contributed by atoms with Crippen molar-refractivity contribution in [3.8, 4) is 45.3 Å². The highest BCUT2D eigenvalue weighted by molar-refractivity contribution is 6.16. The quantitative estimate of drug-likeness (QED) is 0.163. The summed E-state index contributed by atoms with van der Waals surface area (Å²) in [7, 11) is 0. The van der Waals surface area contributed by atoms with Gasteiger partial charge >= 0.3 is 0 Å². The average molecular weight is 743 g/mol. The van der Waals surface area contributed by atoms with Gasteiger partial charge in [0.05, 0.1) is 5.69 Å². The zero-order chi connectivity index (χ0) is 38.4. The van der Waals surface area contributed by atoms with E-state index in [1.165, 1.54) is 16.3 Å². The van der Waals surface area contributed by atoms with Crippen LogP contribution in [0.1, 0.15) is 0 Å². The predicted molar refractivity (Wildman–Crippen MR) is 239 cm³/mol. The van der Waals surface area contributed by atoms with Crippen LogP contribution in [0.4, 0.5) is 17.1 Å². The Kier molecular flexibility index (Phi) is 8.07. The van der Waals surface area contributed by atoms with Crippen LogP contribution in [-0.4, -0.2) is 15.0 Å². The molecule has 11 aromatic rings. The summed E-state index contributed by atoms with van der Waals surface area (Å²) in [6.45, 7) is 0. The van der Waals surface area contributed by atoms with Gasteiger partial charge in [-0.05, 0) is 75.1 Å². The number of hydrogen-bond acceptors (Lipinski definition) is 5. The van der Waals surface area contributed by atoms with E-state index in [9.17, 15) is 0 Å². The molecule has 0 aliphatic rings. The highest BCUT2D eigenvalue weighted by Crippen LogP contribution is 2.44. The number of hydrogen-bond donors (Lipinski definition) is 0. The van der Waals surface area contributed by atoms with Crippen LogP contribution in [0.2, 0.25) is 0 Å². The van der Waals surface area contributed by atoms with Crippen LogP contribution in [0.5, 0.6) is 0 Å². The minimum atomic E-state index is 0.561. The Morgan fingerprint density at radius 2 is 0.862 bits per heavy atom. The largest absolute Gasteiger partial charge is 0.456 e. The Labute approximate surface area is 335 Å². The van der Waals surface area contributed by atoms with E-state index < -0.39 is 0 Å². The van der Waals surface area contributed by atoms with Crippen LogP contribution in [0.15, 0.2) is 211 Å². The third-order valence-corrected chi connectivity index (χ3v) is 10.9. The summed E-state index contributed by atoms with van der Waals surface area (Å²) in [6, 6.07) is 71.5. The summed E-state index contributed by atoms with van der Waals surface area (Å²) in [6.07, 6.45) is 0. The van der Waals surface area contributed by atoms with E-state index in [0.29, 0.717) is 17.5 Å². The second-order valence-corrected chi connectivity index (χ2v) is 14.4. The number of nitrogens with zero attached hydrogens (tertiary/aromatic N) is 4. The lowest BCUT2D eigenvalue weighted by molar-refractivity contribution is 0.669. The molecule has 9 aromatic carbocycles. The van der Waals surface area contributed by atoms with E-state index >= 15 is 0 Å². The molecule has 0 aliphatic carbocycles. The number of aromatic nitrogens is 3. The molecule has 0 saturated carbocycles. The Balaban J connectivity index is 1.16. The average Bonchev–Trinajstić information content (AvgIpc) is 3.66. The van der Waals surface area contributed by atoms with Gasteiger partial charge in [-0.1, -0.05) is 158 Å². The second kappa shape index (κ2) is 14.0. The Hall–Kier alpha value is -7.89. The first-order valence-corrected chi connectivity index (χ1v) is 19.4. The molecule has 0 bridgehead atoms. The number of fused-ring (bicyclic) bond motifs is 5. The molecule has 0 saturated heterocycles. The summed E-state index contributed by atoms with van der Waals surface area (Å²) < 4.78 is 6.80. The fraction of sp³-hybridized carbons (Fsp3) is 0.